The van der Waals surface area contributed by atoms with Crippen molar-refractivity contribution in [1.29, 1.82) is 0 Å². The Labute approximate surface area is 265 Å². The van der Waals surface area contributed by atoms with E-state index < -0.39 is 46.2 Å². The maximum Gasteiger partial charge on any atom is 0.352 e. The van der Waals surface area contributed by atoms with Gasteiger partial charge in [-0.1, -0.05) is 11.2 Å². The van der Waals surface area contributed by atoms with Gasteiger partial charge in [0.15, 0.2) is 16.6 Å². The summed E-state index contributed by atoms with van der Waals surface area (Å²) < 4.78 is 5.73. The Hall–Kier alpha value is -4.62. The molecule has 0 aromatic carbocycles. The third kappa shape index (κ3) is 7.55. The summed E-state index contributed by atoms with van der Waals surface area (Å²) in [6.45, 7) is 4.00. The minimum absolute atomic E-state index is 0.0409. The van der Waals surface area contributed by atoms with E-state index in [9.17, 15) is 29.4 Å². The number of hydrogen-bond acceptors (Lipinski definition) is 15. The summed E-state index contributed by atoms with van der Waals surface area (Å²) >= 11 is 2.12. The highest BCUT2D eigenvalue weighted by molar-refractivity contribution is 8.00. The van der Waals surface area contributed by atoms with Crippen molar-refractivity contribution in [2.45, 2.75) is 44.2 Å². The molecule has 0 spiro atoms. The number of nitrogens with two attached hydrogens (primary N) is 3. The summed E-state index contributed by atoms with van der Waals surface area (Å²) in [5.41, 5.74) is 15.9. The zero-order valence-corrected chi connectivity index (χ0v) is 26.0. The molecule has 4 rings (SSSR count). The molecular formula is C26H33N10O7S2+. The standard InChI is InChI=1S/C26H32N10O7S2/c1-26(2,24(41)42)43-33-17(20-32-25(29)45-34-20)16(37)9-14-21(38)36-18(23(39)40)13(11-44-22(14)36)5-3-8-35-10-15(19(28)31-12-35)30-7-4-6-27/h3,5,10,12,14,22,28,30H,4,6-9,11,27H2,1-2H3,(H4,29,32,34,39,40,41,42)/p+1/b5-3+,33-17+/t14-,22?/m1/s1. The molecule has 2 atom stereocenters. The molecule has 0 saturated carbocycles. The number of anilines is 3. The average molecular weight is 662 g/mol. The Morgan fingerprint density at radius 3 is 2.71 bits per heavy atom. The van der Waals surface area contributed by atoms with Crippen molar-refractivity contribution < 1.29 is 38.8 Å². The molecule has 1 unspecified atom stereocenters. The first kappa shape index (κ1) is 33.3. The fourth-order valence-corrected chi connectivity index (χ4v) is 6.12. The smallest absolute Gasteiger partial charge is 0.352 e. The lowest BCUT2D eigenvalue weighted by Gasteiger charge is -2.49. The third-order valence-corrected chi connectivity index (χ3v) is 8.66. The van der Waals surface area contributed by atoms with Crippen molar-refractivity contribution in [2.24, 2.45) is 16.8 Å². The van der Waals surface area contributed by atoms with E-state index in [1.54, 1.807) is 29.2 Å². The van der Waals surface area contributed by atoms with E-state index in [1.165, 1.54) is 30.5 Å². The van der Waals surface area contributed by atoms with Crippen molar-refractivity contribution in [3.8, 4) is 0 Å². The highest BCUT2D eigenvalue weighted by Crippen LogP contribution is 2.45. The molecule has 0 aliphatic carbocycles. The number of oxime groups is 1. The van der Waals surface area contributed by atoms with Crippen molar-refractivity contribution in [1.82, 2.24) is 19.2 Å². The van der Waals surface area contributed by atoms with Gasteiger partial charge < -0.3 is 37.6 Å². The van der Waals surface area contributed by atoms with E-state index in [2.05, 4.69) is 24.8 Å². The van der Waals surface area contributed by atoms with Gasteiger partial charge in [-0.25, -0.2) is 14.2 Å². The largest absolute Gasteiger partial charge is 0.478 e. The van der Waals surface area contributed by atoms with Crippen molar-refractivity contribution in [3.63, 3.8) is 0 Å². The maximum absolute atomic E-state index is 13.3. The van der Waals surface area contributed by atoms with Gasteiger partial charge in [-0.05, 0) is 43.4 Å². The van der Waals surface area contributed by atoms with Gasteiger partial charge >= 0.3 is 11.9 Å². The number of nitrogens with one attached hydrogen (secondary N) is 1. The number of carboxylic acids is 2. The Morgan fingerprint density at radius 2 is 2.07 bits per heavy atom. The number of rotatable bonds is 15. The SMILES string of the molecule is CC(C)(O/N=C(\C(=O)C[C@@H]1C(=O)N2C(C(=O)O)=C(/C=C/C[n+]3cnc(N)c(NCCCN)c3)CSC12)c1nsc(N)n1)C(=O)O. The number of nitrogens with zero attached hydrogens (tertiary/aromatic N) is 6. The molecule has 19 heteroatoms. The van der Waals surface area contributed by atoms with Crippen LogP contribution in [0.1, 0.15) is 32.5 Å². The molecule has 240 valence electrons. The highest BCUT2D eigenvalue weighted by atomic mass is 32.2. The van der Waals surface area contributed by atoms with Crippen LogP contribution in [-0.2, 0) is 30.6 Å². The highest BCUT2D eigenvalue weighted by Gasteiger charge is 2.54. The number of fused-ring (bicyclic) bond motifs is 1. The van der Waals surface area contributed by atoms with Gasteiger partial charge in [0.05, 0.1) is 11.3 Å². The second kappa shape index (κ2) is 14.0. The number of allylic oxidation sites excluding steroid dienone is 2. The van der Waals surface area contributed by atoms with Crippen molar-refractivity contribution in [2.75, 3.05) is 35.6 Å². The van der Waals surface area contributed by atoms with Gasteiger partial charge in [-0.15, -0.1) is 11.8 Å². The number of aromatic nitrogens is 4. The Morgan fingerprint density at radius 1 is 1.31 bits per heavy atom. The molecule has 1 saturated heterocycles. The molecule has 17 nitrogen and oxygen atoms in total. The van der Waals surface area contributed by atoms with E-state index in [-0.39, 0.29) is 28.8 Å². The number of amides is 1. The zero-order chi connectivity index (χ0) is 32.9. The number of aliphatic carboxylic acids is 2. The minimum atomic E-state index is -1.77. The second-order valence-corrected chi connectivity index (χ2v) is 12.4. The molecule has 2 aliphatic heterocycles. The number of carbonyl (C=O) groups is 4. The maximum atomic E-state index is 13.3. The number of hydrogen-bond donors (Lipinski definition) is 6. The molecule has 2 aromatic heterocycles. The number of thioether (sulfide) groups is 1. The summed E-state index contributed by atoms with van der Waals surface area (Å²) in [4.78, 5) is 64.7. The number of Topliss-reactive ketones (excluding diaryl/α,β-unsaturated/α-hetero) is 1. The Kier molecular flexibility index (Phi) is 10.3. The third-order valence-electron chi connectivity index (χ3n) is 6.76. The summed E-state index contributed by atoms with van der Waals surface area (Å²) in [5.74, 6) is -4.27. The van der Waals surface area contributed by atoms with E-state index in [0.29, 0.717) is 36.7 Å². The molecule has 0 bridgehead atoms. The first-order valence-corrected chi connectivity index (χ1v) is 15.4. The van der Waals surface area contributed by atoms with Crippen LogP contribution in [0.25, 0.3) is 0 Å². The van der Waals surface area contributed by atoms with Gasteiger partial charge in [0, 0.05) is 30.3 Å². The van der Waals surface area contributed by atoms with Crippen molar-refractivity contribution >= 4 is 69.3 Å². The first-order valence-electron chi connectivity index (χ1n) is 13.6. The molecule has 2 aromatic rings. The molecule has 1 amide bonds. The van der Waals surface area contributed by atoms with Crippen LogP contribution >= 0.6 is 23.3 Å². The lowest BCUT2D eigenvalue weighted by molar-refractivity contribution is -0.689. The molecule has 0 radical (unpaired) electrons. The number of carboxylic acid groups (broad SMARTS) is 2. The van der Waals surface area contributed by atoms with E-state index in [1.807, 2.05) is 0 Å². The lowest BCUT2D eigenvalue weighted by Crippen LogP contribution is -2.62. The summed E-state index contributed by atoms with van der Waals surface area (Å²) in [5, 5.41) is 25.7. The Bertz CT molecular complexity index is 1590. The first-order chi connectivity index (χ1) is 21.3. The molecular weight excluding hydrogens is 628 g/mol. The van der Waals surface area contributed by atoms with Crippen LogP contribution in [-0.4, -0.2) is 88.6 Å². The van der Waals surface area contributed by atoms with Gasteiger partial charge in [-0.2, -0.15) is 9.36 Å². The fraction of sp³-hybridized carbons (Fsp3) is 0.423. The number of carbonyl (C=O) groups excluding carboxylic acids is 2. The van der Waals surface area contributed by atoms with Gasteiger partial charge in [-0.3, -0.25) is 14.5 Å². The predicted molar refractivity (Wildman–Crippen MR) is 165 cm³/mol. The number of β-lactam (4-membered cyclic amide) rings is 1. The van der Waals surface area contributed by atoms with E-state index in [4.69, 9.17) is 22.0 Å². The zero-order valence-electron chi connectivity index (χ0n) is 24.4. The predicted octanol–water partition coefficient (Wildman–Crippen LogP) is -0.185. The summed E-state index contributed by atoms with van der Waals surface area (Å²) in [6, 6.07) is 0. The summed E-state index contributed by atoms with van der Waals surface area (Å²) in [6.07, 6.45) is 7.13. The normalized spacial score (nSPS) is 18.5. The van der Waals surface area contributed by atoms with E-state index >= 15 is 0 Å². The van der Waals surface area contributed by atoms with Crippen LogP contribution in [0.3, 0.4) is 0 Å². The quantitative estimate of drug-likeness (QED) is 0.0475. The van der Waals surface area contributed by atoms with Crippen LogP contribution in [0.4, 0.5) is 16.6 Å². The molecule has 9 N–H and O–H groups in total. The van der Waals surface area contributed by atoms with Crippen LogP contribution in [0, 0.1) is 5.92 Å². The number of ketones is 1. The molecule has 2 aliphatic rings. The van der Waals surface area contributed by atoms with Gasteiger partial charge in [0.2, 0.25) is 17.3 Å². The van der Waals surface area contributed by atoms with Gasteiger partial charge in [0.25, 0.3) is 12.1 Å². The van der Waals surface area contributed by atoms with Crippen molar-refractivity contribution in [3.05, 3.63) is 41.8 Å². The van der Waals surface area contributed by atoms with Crippen LogP contribution < -0.4 is 27.1 Å². The molecule has 1 fully saturated rings. The monoisotopic (exact) mass is 661 g/mol. The molecule has 45 heavy (non-hydrogen) atoms. The van der Waals surface area contributed by atoms with Crippen LogP contribution in [0.15, 0.2) is 41.1 Å². The fourth-order valence-electron chi connectivity index (χ4n) is 4.30. The minimum Gasteiger partial charge on any atom is -0.478 e. The summed E-state index contributed by atoms with van der Waals surface area (Å²) in [7, 11) is 0. The van der Waals surface area contributed by atoms with E-state index in [0.717, 1.165) is 18.0 Å². The molecule has 4 heterocycles. The second-order valence-electron chi connectivity index (χ2n) is 10.5. The topological polar surface area (TPSA) is 266 Å². The van der Waals surface area contributed by atoms with Gasteiger partial charge in [0.1, 0.15) is 24.1 Å². The lowest BCUT2D eigenvalue weighted by atomic mass is 9.89. The van der Waals surface area contributed by atoms with Crippen LogP contribution in [0.2, 0.25) is 0 Å². The average Bonchev–Trinajstić information content (AvgIpc) is 3.42. The van der Waals surface area contributed by atoms with Crippen LogP contribution in [0.5, 0.6) is 0 Å². The Balaban J connectivity index is 1.48. The number of nitrogen functional groups attached to an aromatic ring is 2.